The molecular formula is C13H22BrNO3S. The fraction of sp³-hybridized carbons (Fsp3) is 0.923. The van der Waals surface area contributed by atoms with Crippen LogP contribution in [0.5, 0.6) is 0 Å². The van der Waals surface area contributed by atoms with Gasteiger partial charge in [-0.1, -0.05) is 35.2 Å². The molecule has 110 valence electrons. The number of hydrogen-bond donors (Lipinski definition) is 1. The van der Waals surface area contributed by atoms with Gasteiger partial charge in [0.15, 0.2) is 9.84 Å². The van der Waals surface area contributed by atoms with Crippen molar-refractivity contribution in [1.29, 1.82) is 0 Å². The summed E-state index contributed by atoms with van der Waals surface area (Å²) < 4.78 is 23.8. The fourth-order valence-electron chi connectivity index (χ4n) is 3.12. The van der Waals surface area contributed by atoms with Crippen LogP contribution in [0.1, 0.15) is 44.9 Å². The van der Waals surface area contributed by atoms with Crippen LogP contribution < -0.4 is 5.32 Å². The van der Waals surface area contributed by atoms with Crippen LogP contribution in [0.3, 0.4) is 0 Å². The molecule has 0 bridgehead atoms. The number of sulfone groups is 1. The standard InChI is InChI=1S/C13H22BrNO3S/c14-9-13(6-2-3-7-13)10-15-12(16)11-5-1-4-8-19(11,17)18/h11H,1-10H2,(H,15,16). The molecular weight excluding hydrogens is 330 g/mol. The van der Waals surface area contributed by atoms with Crippen LogP contribution in [-0.2, 0) is 14.6 Å². The Morgan fingerprint density at radius 3 is 2.47 bits per heavy atom. The largest absolute Gasteiger partial charge is 0.354 e. The Bertz CT molecular complexity index is 429. The van der Waals surface area contributed by atoms with Crippen LogP contribution >= 0.6 is 15.9 Å². The van der Waals surface area contributed by atoms with Crippen LogP contribution in [0.4, 0.5) is 0 Å². The summed E-state index contributed by atoms with van der Waals surface area (Å²) in [5.74, 6) is -0.124. The lowest BCUT2D eigenvalue weighted by Gasteiger charge is -2.28. The summed E-state index contributed by atoms with van der Waals surface area (Å²) in [6, 6.07) is 0. The molecule has 19 heavy (non-hydrogen) atoms. The molecule has 1 aliphatic heterocycles. The topological polar surface area (TPSA) is 63.2 Å². The van der Waals surface area contributed by atoms with Crippen LogP contribution in [-0.4, -0.2) is 37.2 Å². The third-order valence-corrected chi connectivity index (χ3v) is 7.82. The molecule has 1 heterocycles. The van der Waals surface area contributed by atoms with Gasteiger partial charge in [-0.2, -0.15) is 0 Å². The zero-order chi connectivity index (χ0) is 13.9. The summed E-state index contributed by atoms with van der Waals surface area (Å²) in [5, 5.41) is 2.96. The van der Waals surface area contributed by atoms with E-state index in [9.17, 15) is 13.2 Å². The lowest BCUT2D eigenvalue weighted by Crippen LogP contribution is -2.46. The highest BCUT2D eigenvalue weighted by atomic mass is 79.9. The van der Waals surface area contributed by atoms with Crippen molar-refractivity contribution in [3.05, 3.63) is 0 Å². The molecule has 4 nitrogen and oxygen atoms in total. The Labute approximate surface area is 123 Å². The highest BCUT2D eigenvalue weighted by Crippen LogP contribution is 2.39. The average molecular weight is 352 g/mol. The van der Waals surface area contributed by atoms with Crippen molar-refractivity contribution < 1.29 is 13.2 Å². The monoisotopic (exact) mass is 351 g/mol. The minimum Gasteiger partial charge on any atom is -0.354 e. The number of nitrogens with one attached hydrogen (secondary N) is 1. The molecule has 1 atom stereocenters. The molecule has 1 unspecified atom stereocenters. The number of halogens is 1. The molecule has 2 fully saturated rings. The molecule has 0 radical (unpaired) electrons. The second kappa shape index (κ2) is 6.12. The van der Waals surface area contributed by atoms with Crippen molar-refractivity contribution in [2.24, 2.45) is 5.41 Å². The van der Waals surface area contributed by atoms with E-state index < -0.39 is 15.1 Å². The van der Waals surface area contributed by atoms with Crippen molar-refractivity contribution in [2.45, 2.75) is 50.2 Å². The average Bonchev–Trinajstić information content (AvgIpc) is 2.85. The van der Waals surface area contributed by atoms with E-state index >= 15 is 0 Å². The minimum atomic E-state index is -3.22. The highest BCUT2D eigenvalue weighted by molar-refractivity contribution is 9.09. The van der Waals surface area contributed by atoms with E-state index in [2.05, 4.69) is 21.2 Å². The van der Waals surface area contributed by atoms with E-state index in [-0.39, 0.29) is 17.1 Å². The van der Waals surface area contributed by atoms with Crippen LogP contribution in [0.2, 0.25) is 0 Å². The second-order valence-corrected chi connectivity index (χ2v) is 8.77. The smallest absolute Gasteiger partial charge is 0.238 e. The van der Waals surface area contributed by atoms with Gasteiger partial charge in [0.25, 0.3) is 0 Å². The Morgan fingerprint density at radius 1 is 1.21 bits per heavy atom. The van der Waals surface area contributed by atoms with Gasteiger partial charge < -0.3 is 5.32 Å². The third-order valence-electron chi connectivity index (χ3n) is 4.46. The number of alkyl halides is 1. The quantitative estimate of drug-likeness (QED) is 0.788. The number of hydrogen-bond acceptors (Lipinski definition) is 3. The lowest BCUT2D eigenvalue weighted by atomic mass is 9.89. The fourth-order valence-corrected chi connectivity index (χ4v) is 5.71. The maximum absolute atomic E-state index is 12.1. The van der Waals surface area contributed by atoms with Gasteiger partial charge in [0.1, 0.15) is 5.25 Å². The normalized spacial score (nSPS) is 29.0. The second-order valence-electron chi connectivity index (χ2n) is 5.91. The summed E-state index contributed by atoms with van der Waals surface area (Å²) in [7, 11) is -3.22. The molecule has 0 aromatic heterocycles. The first-order valence-electron chi connectivity index (χ1n) is 7.04. The number of carbonyl (C=O) groups is 1. The Morgan fingerprint density at radius 2 is 1.89 bits per heavy atom. The predicted octanol–water partition coefficient (Wildman–Crippen LogP) is 2.03. The van der Waals surface area contributed by atoms with Crippen molar-refractivity contribution in [2.75, 3.05) is 17.6 Å². The van der Waals surface area contributed by atoms with E-state index in [0.717, 1.165) is 24.6 Å². The SMILES string of the molecule is O=C(NCC1(CBr)CCCC1)C1CCCCS1(=O)=O. The molecule has 2 aliphatic rings. The molecule has 1 amide bonds. The van der Waals surface area contributed by atoms with Gasteiger partial charge in [-0.15, -0.1) is 0 Å². The third kappa shape index (κ3) is 3.51. The van der Waals surface area contributed by atoms with Gasteiger partial charge in [0, 0.05) is 11.9 Å². The number of rotatable bonds is 4. The number of amides is 1. The first-order valence-corrected chi connectivity index (χ1v) is 9.88. The van der Waals surface area contributed by atoms with E-state index in [1.807, 2.05) is 0 Å². The Kier molecular flexibility index (Phi) is 4.93. The summed E-state index contributed by atoms with van der Waals surface area (Å²) in [6.07, 6.45) is 6.62. The Balaban J connectivity index is 1.94. The van der Waals surface area contributed by atoms with Crippen LogP contribution in [0, 0.1) is 5.41 Å². The molecule has 1 N–H and O–H groups in total. The van der Waals surface area contributed by atoms with Crippen molar-refractivity contribution >= 4 is 31.7 Å². The van der Waals surface area contributed by atoms with Crippen LogP contribution in [0.25, 0.3) is 0 Å². The molecule has 0 aromatic rings. The van der Waals surface area contributed by atoms with E-state index in [0.29, 0.717) is 19.4 Å². The maximum atomic E-state index is 12.1. The molecule has 2 rings (SSSR count). The van der Waals surface area contributed by atoms with E-state index in [1.165, 1.54) is 12.8 Å². The molecule has 0 spiro atoms. The highest BCUT2D eigenvalue weighted by Gasteiger charge is 2.37. The van der Waals surface area contributed by atoms with Gasteiger partial charge in [0.05, 0.1) is 5.75 Å². The van der Waals surface area contributed by atoms with Gasteiger partial charge in [-0.3, -0.25) is 4.79 Å². The van der Waals surface area contributed by atoms with Gasteiger partial charge in [0.2, 0.25) is 5.91 Å². The van der Waals surface area contributed by atoms with Gasteiger partial charge in [-0.25, -0.2) is 8.42 Å². The zero-order valence-corrected chi connectivity index (χ0v) is 13.6. The van der Waals surface area contributed by atoms with Crippen molar-refractivity contribution in [1.82, 2.24) is 5.32 Å². The first kappa shape index (κ1) is 15.3. The summed E-state index contributed by atoms with van der Waals surface area (Å²) >= 11 is 3.53. The molecule has 0 aromatic carbocycles. The zero-order valence-electron chi connectivity index (χ0n) is 11.2. The van der Waals surface area contributed by atoms with Crippen LogP contribution in [0.15, 0.2) is 0 Å². The summed E-state index contributed by atoms with van der Waals surface area (Å²) in [4.78, 5) is 12.1. The van der Waals surface area contributed by atoms with Gasteiger partial charge >= 0.3 is 0 Å². The first-order chi connectivity index (χ1) is 8.99. The van der Waals surface area contributed by atoms with E-state index in [1.54, 1.807) is 0 Å². The molecule has 1 aliphatic carbocycles. The van der Waals surface area contributed by atoms with Crippen molar-refractivity contribution in [3.63, 3.8) is 0 Å². The molecule has 1 saturated carbocycles. The minimum absolute atomic E-state index is 0.133. The lowest BCUT2D eigenvalue weighted by molar-refractivity contribution is -0.121. The Hall–Kier alpha value is -0.100. The molecule has 1 saturated heterocycles. The maximum Gasteiger partial charge on any atom is 0.238 e. The van der Waals surface area contributed by atoms with E-state index in [4.69, 9.17) is 0 Å². The molecule has 6 heteroatoms. The van der Waals surface area contributed by atoms with Crippen molar-refractivity contribution in [3.8, 4) is 0 Å². The number of carbonyl (C=O) groups excluding carboxylic acids is 1. The summed E-state index contributed by atoms with van der Waals surface area (Å²) in [6.45, 7) is 0.600. The summed E-state index contributed by atoms with van der Waals surface area (Å²) in [5.41, 5.74) is 0.133. The predicted molar refractivity (Wildman–Crippen MR) is 79.1 cm³/mol. The van der Waals surface area contributed by atoms with Gasteiger partial charge in [-0.05, 0) is 31.1 Å².